The lowest BCUT2D eigenvalue weighted by Crippen LogP contribution is -2.42. The standard InChI is InChI=1S/C25H41N5O4Si/c1-25(2,3)27-24(32)34-20-10-8-18(14-20)21-15-22(26-19-9-11-23(31)29(4)16-19)28-30(21)17-33-12-13-35(5,6)7/h9,11,15-16,18,20H,8,10,12-14,17H2,1-7H3,(H,26,28)(H,27,32)/t18-,20?/m0/s1. The Labute approximate surface area is 209 Å². The first-order chi connectivity index (χ1) is 16.3. The summed E-state index contributed by atoms with van der Waals surface area (Å²) in [5.74, 6) is 0.911. The average molecular weight is 504 g/mol. The summed E-state index contributed by atoms with van der Waals surface area (Å²) in [5, 5.41) is 10.9. The minimum Gasteiger partial charge on any atom is -0.446 e. The fraction of sp³-hybridized carbons (Fsp3) is 0.640. The highest BCUT2D eigenvalue weighted by atomic mass is 28.3. The Kier molecular flexibility index (Phi) is 8.48. The van der Waals surface area contributed by atoms with E-state index in [4.69, 9.17) is 14.6 Å². The van der Waals surface area contributed by atoms with Crippen molar-refractivity contribution in [2.45, 2.75) is 90.0 Å². The predicted molar refractivity (Wildman–Crippen MR) is 141 cm³/mol. The maximum atomic E-state index is 12.2. The number of aromatic nitrogens is 3. The Balaban J connectivity index is 1.71. The molecule has 0 aliphatic heterocycles. The third kappa shape index (κ3) is 8.54. The molecule has 1 aliphatic carbocycles. The molecule has 3 rings (SSSR count). The molecule has 2 aromatic rings. The molecule has 0 radical (unpaired) electrons. The van der Waals surface area contributed by atoms with Crippen LogP contribution >= 0.6 is 0 Å². The van der Waals surface area contributed by atoms with Crippen LogP contribution in [0.5, 0.6) is 0 Å². The van der Waals surface area contributed by atoms with E-state index in [1.54, 1.807) is 19.3 Å². The molecule has 194 valence electrons. The molecule has 0 aromatic carbocycles. The van der Waals surface area contributed by atoms with Crippen molar-refractivity contribution in [3.05, 3.63) is 40.4 Å². The van der Waals surface area contributed by atoms with Gasteiger partial charge in [-0.2, -0.15) is 5.10 Å². The van der Waals surface area contributed by atoms with Gasteiger partial charge in [-0.25, -0.2) is 9.48 Å². The van der Waals surface area contributed by atoms with Crippen LogP contribution in [0.4, 0.5) is 16.3 Å². The highest BCUT2D eigenvalue weighted by Crippen LogP contribution is 2.37. The Morgan fingerprint density at radius 3 is 2.63 bits per heavy atom. The third-order valence-electron chi connectivity index (χ3n) is 5.93. The maximum absolute atomic E-state index is 12.2. The average Bonchev–Trinajstić information content (AvgIpc) is 3.32. The summed E-state index contributed by atoms with van der Waals surface area (Å²) in [5.41, 5.74) is 1.45. The van der Waals surface area contributed by atoms with Gasteiger partial charge in [0.25, 0.3) is 0 Å². The zero-order valence-electron chi connectivity index (χ0n) is 22.2. The molecular weight excluding hydrogens is 462 g/mol. The molecule has 1 amide bonds. The number of anilines is 2. The number of nitrogens with one attached hydrogen (secondary N) is 2. The molecule has 2 atom stereocenters. The van der Waals surface area contributed by atoms with E-state index in [0.29, 0.717) is 19.2 Å². The number of amides is 1. The van der Waals surface area contributed by atoms with E-state index >= 15 is 0 Å². The first-order valence-electron chi connectivity index (χ1n) is 12.4. The number of hydrogen-bond acceptors (Lipinski definition) is 6. The van der Waals surface area contributed by atoms with Gasteiger partial charge in [-0.3, -0.25) is 4.79 Å². The largest absolute Gasteiger partial charge is 0.446 e. The van der Waals surface area contributed by atoms with Crippen LogP contribution in [0, 0.1) is 0 Å². The second kappa shape index (κ2) is 11.0. The van der Waals surface area contributed by atoms with Crippen molar-refractivity contribution in [3.8, 4) is 0 Å². The van der Waals surface area contributed by atoms with Gasteiger partial charge in [-0.1, -0.05) is 19.6 Å². The molecule has 10 heteroatoms. The highest BCUT2D eigenvalue weighted by molar-refractivity contribution is 6.76. The lowest BCUT2D eigenvalue weighted by Gasteiger charge is -2.22. The summed E-state index contributed by atoms with van der Waals surface area (Å²) in [6.07, 6.45) is 3.72. The maximum Gasteiger partial charge on any atom is 0.407 e. The molecule has 2 N–H and O–H groups in total. The number of alkyl carbamates (subject to hydrolysis) is 1. The van der Waals surface area contributed by atoms with Gasteiger partial charge in [-0.15, -0.1) is 0 Å². The zero-order valence-corrected chi connectivity index (χ0v) is 23.2. The topological polar surface area (TPSA) is 99.4 Å². The highest BCUT2D eigenvalue weighted by Gasteiger charge is 2.32. The van der Waals surface area contributed by atoms with Crippen LogP contribution in [0.1, 0.15) is 51.6 Å². The van der Waals surface area contributed by atoms with Gasteiger partial charge >= 0.3 is 6.09 Å². The lowest BCUT2D eigenvalue weighted by molar-refractivity contribution is 0.0749. The van der Waals surface area contributed by atoms with Gasteiger partial charge in [-0.05, 0) is 52.1 Å². The number of pyridine rings is 1. The van der Waals surface area contributed by atoms with Crippen molar-refractivity contribution >= 4 is 25.7 Å². The Morgan fingerprint density at radius 1 is 1.23 bits per heavy atom. The van der Waals surface area contributed by atoms with Crippen molar-refractivity contribution in [1.29, 1.82) is 0 Å². The van der Waals surface area contributed by atoms with Crippen molar-refractivity contribution in [2.24, 2.45) is 7.05 Å². The molecule has 0 saturated heterocycles. The smallest absolute Gasteiger partial charge is 0.407 e. The number of ether oxygens (including phenoxy) is 2. The fourth-order valence-corrected chi connectivity index (χ4v) is 4.83. The van der Waals surface area contributed by atoms with E-state index in [0.717, 1.165) is 36.7 Å². The van der Waals surface area contributed by atoms with Gasteiger partial charge in [0.1, 0.15) is 12.8 Å². The quantitative estimate of drug-likeness (QED) is 0.377. The fourth-order valence-electron chi connectivity index (χ4n) is 4.07. The Bertz CT molecular complexity index is 1070. The van der Waals surface area contributed by atoms with E-state index in [2.05, 4.69) is 30.3 Å². The summed E-state index contributed by atoms with van der Waals surface area (Å²) in [7, 11) is 0.539. The van der Waals surface area contributed by atoms with E-state index < -0.39 is 8.07 Å². The number of carbonyl (C=O) groups excluding carboxylic acids is 1. The molecular formula is C25H41N5O4Si. The second-order valence-corrected chi connectivity index (χ2v) is 17.3. The number of carbonyl (C=O) groups is 1. The predicted octanol–water partition coefficient (Wildman–Crippen LogP) is 4.80. The van der Waals surface area contributed by atoms with Gasteiger partial charge in [0.05, 0.1) is 5.69 Å². The van der Waals surface area contributed by atoms with E-state index in [1.807, 2.05) is 31.5 Å². The summed E-state index contributed by atoms with van der Waals surface area (Å²) in [6, 6.07) is 6.41. The molecule has 1 unspecified atom stereocenters. The zero-order chi connectivity index (χ0) is 25.8. The number of nitrogens with zero attached hydrogens (tertiary/aromatic N) is 3. The molecule has 1 fully saturated rings. The molecule has 2 heterocycles. The van der Waals surface area contributed by atoms with Crippen molar-refractivity contribution in [1.82, 2.24) is 19.7 Å². The van der Waals surface area contributed by atoms with E-state index in [1.165, 1.54) is 10.6 Å². The molecule has 0 spiro atoms. The molecule has 35 heavy (non-hydrogen) atoms. The summed E-state index contributed by atoms with van der Waals surface area (Å²) in [6.45, 7) is 13.9. The van der Waals surface area contributed by atoms with Crippen LogP contribution in [-0.4, -0.2) is 46.8 Å². The minimum atomic E-state index is -1.18. The second-order valence-electron chi connectivity index (χ2n) is 11.7. The molecule has 9 nitrogen and oxygen atoms in total. The minimum absolute atomic E-state index is 0.0648. The van der Waals surface area contributed by atoms with Gasteiger partial charge in [0.15, 0.2) is 5.82 Å². The first-order valence-corrected chi connectivity index (χ1v) is 16.1. The van der Waals surface area contributed by atoms with Crippen LogP contribution in [-0.2, 0) is 23.3 Å². The SMILES string of the molecule is Cn1cc(Nc2cc([C@H]3CCC(OC(=O)NC(C)(C)C)C3)n(COCC[Si](C)(C)C)n2)ccc1=O. The van der Waals surface area contributed by atoms with Crippen molar-refractivity contribution in [3.63, 3.8) is 0 Å². The summed E-state index contributed by atoms with van der Waals surface area (Å²) >= 11 is 0. The lowest BCUT2D eigenvalue weighted by atomic mass is 10.0. The number of hydrogen-bond donors (Lipinski definition) is 2. The Hall–Kier alpha value is -2.59. The van der Waals surface area contributed by atoms with Crippen LogP contribution in [0.2, 0.25) is 25.7 Å². The molecule has 1 saturated carbocycles. The van der Waals surface area contributed by atoms with E-state index in [-0.39, 0.29) is 29.2 Å². The van der Waals surface area contributed by atoms with Gasteiger partial charge in [0.2, 0.25) is 5.56 Å². The monoisotopic (exact) mass is 503 g/mol. The normalized spacial score (nSPS) is 18.5. The molecule has 0 bridgehead atoms. The summed E-state index contributed by atoms with van der Waals surface area (Å²) in [4.78, 5) is 24.0. The van der Waals surface area contributed by atoms with Gasteiger partial charge < -0.3 is 24.7 Å². The first kappa shape index (κ1) is 27.0. The number of rotatable bonds is 9. The van der Waals surface area contributed by atoms with Crippen LogP contribution < -0.4 is 16.2 Å². The molecule has 2 aromatic heterocycles. The third-order valence-corrected chi connectivity index (χ3v) is 7.64. The summed E-state index contributed by atoms with van der Waals surface area (Å²) < 4.78 is 15.1. The van der Waals surface area contributed by atoms with Crippen LogP contribution in [0.3, 0.4) is 0 Å². The van der Waals surface area contributed by atoms with Crippen molar-refractivity contribution < 1.29 is 14.3 Å². The van der Waals surface area contributed by atoms with Crippen LogP contribution in [0.25, 0.3) is 0 Å². The van der Waals surface area contributed by atoms with Gasteiger partial charge in [0, 0.05) is 57.2 Å². The van der Waals surface area contributed by atoms with Crippen molar-refractivity contribution in [2.75, 3.05) is 11.9 Å². The molecule has 1 aliphatic rings. The number of aryl methyl sites for hydroxylation is 1. The Morgan fingerprint density at radius 2 is 1.97 bits per heavy atom. The van der Waals surface area contributed by atoms with Crippen LogP contribution in [0.15, 0.2) is 29.2 Å². The van der Waals surface area contributed by atoms with E-state index in [9.17, 15) is 9.59 Å².